The first-order valence-corrected chi connectivity index (χ1v) is 11.9. The third-order valence-electron chi connectivity index (χ3n) is 7.23. The highest BCUT2D eigenvalue weighted by atomic mass is 16.5. The number of carbonyl (C=O) groups excluding carboxylic acids is 1. The molecule has 0 radical (unpaired) electrons. The Labute approximate surface area is 199 Å². The summed E-state index contributed by atoms with van der Waals surface area (Å²) in [5, 5.41) is 13.5. The maximum atomic E-state index is 14.1. The van der Waals surface area contributed by atoms with Crippen molar-refractivity contribution < 1.29 is 19.4 Å². The lowest BCUT2D eigenvalue weighted by molar-refractivity contribution is 0.00977. The van der Waals surface area contributed by atoms with E-state index in [1.807, 2.05) is 88.4 Å². The Morgan fingerprint density at radius 2 is 1.68 bits per heavy atom. The van der Waals surface area contributed by atoms with Gasteiger partial charge < -0.3 is 14.6 Å². The Morgan fingerprint density at radius 3 is 2.41 bits per heavy atom. The second-order valence-corrected chi connectivity index (χ2v) is 10.3. The van der Waals surface area contributed by atoms with Crippen LogP contribution in [0.5, 0.6) is 11.5 Å². The number of hydrogen-bond donors (Lipinski definition) is 1. The van der Waals surface area contributed by atoms with E-state index in [4.69, 9.17) is 9.47 Å². The van der Waals surface area contributed by atoms with E-state index in [2.05, 4.69) is 6.08 Å². The monoisotopic (exact) mass is 452 g/mol. The lowest BCUT2D eigenvalue weighted by Crippen LogP contribution is -2.45. The van der Waals surface area contributed by atoms with Gasteiger partial charge in [-0.05, 0) is 45.4 Å². The number of aliphatic hydroxyl groups excluding tert-OH is 1. The summed E-state index contributed by atoms with van der Waals surface area (Å²) in [7, 11) is 0. The summed E-state index contributed by atoms with van der Waals surface area (Å²) >= 11 is 0. The second-order valence-electron chi connectivity index (χ2n) is 10.3. The van der Waals surface area contributed by atoms with Gasteiger partial charge in [0.1, 0.15) is 23.2 Å². The molecule has 0 aromatic heterocycles. The molecule has 6 rings (SSSR count). The fraction of sp³-hybridized carbons (Fsp3) is 0.300. The van der Waals surface area contributed by atoms with Crippen LogP contribution >= 0.6 is 0 Å². The minimum Gasteiger partial charge on any atom is -0.485 e. The van der Waals surface area contributed by atoms with Crippen molar-refractivity contribution in [2.45, 2.75) is 51.4 Å². The van der Waals surface area contributed by atoms with Gasteiger partial charge in [-0.25, -0.2) is 0 Å². The Hall–Kier alpha value is -3.37. The SMILES string of the molecule is CC(C)=CC1Oc2c(c3c(c4ccccc24)OC(C)(C)C=C3)C2C(=O)c3ccccc3C(O)C12. The number of ether oxygens (including phenoxy) is 2. The summed E-state index contributed by atoms with van der Waals surface area (Å²) in [6, 6.07) is 15.5. The number of rotatable bonds is 1. The van der Waals surface area contributed by atoms with E-state index in [0.717, 1.165) is 33.2 Å². The summed E-state index contributed by atoms with van der Waals surface area (Å²) in [5.41, 5.74) is 3.57. The number of aliphatic hydroxyl groups is 1. The molecule has 3 aromatic carbocycles. The van der Waals surface area contributed by atoms with Crippen molar-refractivity contribution in [2.24, 2.45) is 5.92 Å². The zero-order chi connectivity index (χ0) is 23.8. The van der Waals surface area contributed by atoms with Crippen molar-refractivity contribution in [1.82, 2.24) is 0 Å². The molecule has 0 saturated carbocycles. The van der Waals surface area contributed by atoms with Crippen LogP contribution in [0.25, 0.3) is 16.8 Å². The van der Waals surface area contributed by atoms with Crippen LogP contribution < -0.4 is 9.47 Å². The molecule has 34 heavy (non-hydrogen) atoms. The molecule has 3 aromatic rings. The van der Waals surface area contributed by atoms with Crippen LogP contribution in [0.3, 0.4) is 0 Å². The van der Waals surface area contributed by atoms with Crippen LogP contribution in [-0.2, 0) is 0 Å². The van der Waals surface area contributed by atoms with Gasteiger partial charge in [-0.1, -0.05) is 60.2 Å². The summed E-state index contributed by atoms with van der Waals surface area (Å²) < 4.78 is 13.2. The summed E-state index contributed by atoms with van der Waals surface area (Å²) in [5.74, 6) is 0.538. The summed E-state index contributed by atoms with van der Waals surface area (Å²) in [4.78, 5) is 14.1. The zero-order valence-corrected chi connectivity index (χ0v) is 19.8. The Kier molecular flexibility index (Phi) is 4.56. The lowest BCUT2D eigenvalue weighted by Gasteiger charge is -2.45. The average molecular weight is 453 g/mol. The topological polar surface area (TPSA) is 55.8 Å². The van der Waals surface area contributed by atoms with E-state index in [9.17, 15) is 9.90 Å². The van der Waals surface area contributed by atoms with Crippen molar-refractivity contribution in [3.63, 3.8) is 0 Å². The molecule has 0 saturated heterocycles. The van der Waals surface area contributed by atoms with Crippen LogP contribution in [0.15, 0.2) is 66.3 Å². The summed E-state index contributed by atoms with van der Waals surface area (Å²) in [6.45, 7) is 8.08. The molecule has 4 unspecified atom stereocenters. The lowest BCUT2D eigenvalue weighted by atomic mass is 9.65. The molecular weight excluding hydrogens is 424 g/mol. The van der Waals surface area contributed by atoms with E-state index < -0.39 is 29.6 Å². The largest absolute Gasteiger partial charge is 0.485 e. The van der Waals surface area contributed by atoms with Gasteiger partial charge in [-0.15, -0.1) is 0 Å². The van der Waals surface area contributed by atoms with Gasteiger partial charge in [-0.2, -0.15) is 0 Å². The quantitative estimate of drug-likeness (QED) is 0.435. The van der Waals surface area contributed by atoms with Crippen LogP contribution in [-0.4, -0.2) is 22.6 Å². The van der Waals surface area contributed by atoms with Crippen molar-refractivity contribution in [1.29, 1.82) is 0 Å². The Bertz CT molecular complexity index is 1410. The average Bonchev–Trinajstić information content (AvgIpc) is 2.81. The minimum atomic E-state index is -0.820. The van der Waals surface area contributed by atoms with Crippen molar-refractivity contribution in [2.75, 3.05) is 0 Å². The number of carbonyl (C=O) groups is 1. The van der Waals surface area contributed by atoms with Crippen molar-refractivity contribution in [3.8, 4) is 11.5 Å². The van der Waals surface area contributed by atoms with Crippen molar-refractivity contribution >= 4 is 22.6 Å². The van der Waals surface area contributed by atoms with Gasteiger partial charge >= 0.3 is 0 Å². The maximum absolute atomic E-state index is 14.1. The van der Waals surface area contributed by atoms with Gasteiger partial charge in [-0.3, -0.25) is 4.79 Å². The van der Waals surface area contributed by atoms with E-state index >= 15 is 0 Å². The van der Waals surface area contributed by atoms with E-state index in [0.29, 0.717) is 16.9 Å². The first kappa shape index (κ1) is 21.2. The van der Waals surface area contributed by atoms with E-state index in [1.54, 1.807) is 0 Å². The first-order chi connectivity index (χ1) is 16.3. The van der Waals surface area contributed by atoms with Crippen LogP contribution in [0.4, 0.5) is 0 Å². The molecule has 1 aliphatic carbocycles. The Morgan fingerprint density at radius 1 is 1.00 bits per heavy atom. The molecule has 2 aliphatic heterocycles. The highest BCUT2D eigenvalue weighted by Gasteiger charge is 2.51. The van der Waals surface area contributed by atoms with Crippen LogP contribution in [0.1, 0.15) is 66.8 Å². The second kappa shape index (κ2) is 7.31. The molecule has 1 N–H and O–H groups in total. The molecule has 0 spiro atoms. The number of ketones is 1. The number of fused-ring (bicyclic) bond motifs is 9. The highest BCUT2D eigenvalue weighted by Crippen LogP contribution is 2.57. The zero-order valence-electron chi connectivity index (χ0n) is 19.8. The van der Waals surface area contributed by atoms with Crippen molar-refractivity contribution in [3.05, 3.63) is 88.5 Å². The minimum absolute atomic E-state index is 0.0262. The summed E-state index contributed by atoms with van der Waals surface area (Å²) in [6.07, 6.45) is 4.88. The van der Waals surface area contributed by atoms with E-state index in [1.165, 1.54) is 0 Å². The molecule has 0 amide bonds. The van der Waals surface area contributed by atoms with Crippen LogP contribution in [0.2, 0.25) is 0 Å². The number of hydrogen-bond acceptors (Lipinski definition) is 4. The first-order valence-electron chi connectivity index (χ1n) is 11.9. The number of benzene rings is 3. The third kappa shape index (κ3) is 2.98. The van der Waals surface area contributed by atoms with Gasteiger partial charge in [0.05, 0.1) is 12.0 Å². The van der Waals surface area contributed by atoms with E-state index in [-0.39, 0.29) is 5.78 Å². The van der Waals surface area contributed by atoms with Gasteiger partial charge in [0.15, 0.2) is 5.78 Å². The van der Waals surface area contributed by atoms with Gasteiger partial charge in [0.25, 0.3) is 0 Å². The fourth-order valence-corrected chi connectivity index (χ4v) is 5.80. The standard InChI is InChI=1S/C30H28O4/c1-16(2)15-22-24-25(27(32)18-10-6-5-9-17(18)26(24)31)23-21-13-14-30(3,4)34-28(21)19-11-7-8-12-20(19)29(23)33-22/h5-15,22,24-26,31H,1-4H3. The number of Topliss-reactive ketones (excluding diaryl/α,β-unsaturated/α-hetero) is 1. The van der Waals surface area contributed by atoms with Crippen LogP contribution in [0, 0.1) is 5.92 Å². The smallest absolute Gasteiger partial charge is 0.171 e. The molecule has 0 bridgehead atoms. The normalized spacial score (nSPS) is 25.9. The molecule has 4 nitrogen and oxygen atoms in total. The predicted molar refractivity (Wildman–Crippen MR) is 133 cm³/mol. The molecule has 172 valence electrons. The molecular formula is C30H28O4. The number of allylic oxidation sites excluding steroid dienone is 1. The molecule has 4 heteroatoms. The molecule has 4 atom stereocenters. The maximum Gasteiger partial charge on any atom is 0.171 e. The molecule has 2 heterocycles. The predicted octanol–water partition coefficient (Wildman–Crippen LogP) is 6.38. The molecule has 3 aliphatic rings. The highest BCUT2D eigenvalue weighted by molar-refractivity contribution is 6.08. The van der Waals surface area contributed by atoms with Gasteiger partial charge in [0, 0.05) is 33.4 Å². The third-order valence-corrected chi connectivity index (χ3v) is 7.23. The fourth-order valence-electron chi connectivity index (χ4n) is 5.80. The molecule has 0 fully saturated rings. The van der Waals surface area contributed by atoms with Gasteiger partial charge in [0.2, 0.25) is 0 Å². The Balaban J connectivity index is 1.71.